The quantitative estimate of drug-likeness (QED) is 0.405. The lowest BCUT2D eigenvalue weighted by molar-refractivity contribution is 0.122. The maximum absolute atomic E-state index is 5.66. The average molecular weight is 563 g/mol. The van der Waals surface area contributed by atoms with Crippen LogP contribution in [0.2, 0.25) is 0 Å². The van der Waals surface area contributed by atoms with Crippen molar-refractivity contribution in [2.75, 3.05) is 87.9 Å². The van der Waals surface area contributed by atoms with Crippen LogP contribution < -0.4 is 24.2 Å². The van der Waals surface area contributed by atoms with Crippen LogP contribution in [-0.4, -0.2) is 104 Å². The van der Waals surface area contributed by atoms with Crippen molar-refractivity contribution in [3.05, 3.63) is 29.6 Å². The van der Waals surface area contributed by atoms with Crippen molar-refractivity contribution in [2.45, 2.75) is 45.7 Å². The Morgan fingerprint density at radius 3 is 2.20 bits per heavy atom. The molecule has 0 unspecified atom stereocenters. The highest BCUT2D eigenvalue weighted by atomic mass is 16.5. The lowest BCUT2D eigenvalue weighted by Gasteiger charge is -2.38. The van der Waals surface area contributed by atoms with E-state index in [1.54, 1.807) is 20.5 Å². The first kappa shape index (κ1) is 27.7. The summed E-state index contributed by atoms with van der Waals surface area (Å²) in [5.74, 6) is 4.02. The van der Waals surface area contributed by atoms with Crippen LogP contribution >= 0.6 is 0 Å². The number of nitrogens with zero attached hydrogens (tertiary/aromatic N) is 8. The van der Waals surface area contributed by atoms with Crippen LogP contribution in [0.3, 0.4) is 0 Å². The summed E-state index contributed by atoms with van der Waals surface area (Å²) in [6.07, 6.45) is 4.77. The SMILES string of the molecule is CCN(CC)C1CCN(c2nc(N3CCOCC3)c3ncnc(N4CCc5cc(OC)c(OC)cc5C4)c3n2)CC1. The monoisotopic (exact) mass is 562 g/mol. The van der Waals surface area contributed by atoms with Crippen molar-refractivity contribution >= 4 is 28.6 Å². The van der Waals surface area contributed by atoms with Gasteiger partial charge in [0.25, 0.3) is 0 Å². The first-order valence-corrected chi connectivity index (χ1v) is 15.0. The molecule has 220 valence electrons. The van der Waals surface area contributed by atoms with E-state index in [4.69, 9.17) is 34.1 Å². The molecule has 0 bridgehead atoms. The molecular formula is C30H42N8O3. The molecule has 5 heterocycles. The number of hydrogen-bond donors (Lipinski definition) is 0. The van der Waals surface area contributed by atoms with Crippen molar-refractivity contribution in [3.8, 4) is 11.5 Å². The molecule has 0 saturated carbocycles. The second kappa shape index (κ2) is 12.2. The molecule has 0 amide bonds. The highest BCUT2D eigenvalue weighted by Gasteiger charge is 2.29. The van der Waals surface area contributed by atoms with E-state index < -0.39 is 0 Å². The molecule has 3 aliphatic rings. The van der Waals surface area contributed by atoms with Crippen LogP contribution in [0.15, 0.2) is 18.5 Å². The molecule has 2 saturated heterocycles. The van der Waals surface area contributed by atoms with Gasteiger partial charge in [0.05, 0.1) is 27.4 Å². The summed E-state index contributed by atoms with van der Waals surface area (Å²) in [6.45, 7) is 13.0. The Hall–Kier alpha value is -3.44. The van der Waals surface area contributed by atoms with Gasteiger partial charge in [-0.1, -0.05) is 13.8 Å². The predicted molar refractivity (Wildman–Crippen MR) is 161 cm³/mol. The third kappa shape index (κ3) is 5.44. The number of benzene rings is 1. The number of hydrogen-bond acceptors (Lipinski definition) is 11. The summed E-state index contributed by atoms with van der Waals surface area (Å²) in [7, 11) is 3.36. The highest BCUT2D eigenvalue weighted by Crippen LogP contribution is 2.37. The zero-order valence-corrected chi connectivity index (χ0v) is 24.8. The second-order valence-corrected chi connectivity index (χ2v) is 10.9. The van der Waals surface area contributed by atoms with Gasteiger partial charge in [-0.15, -0.1) is 0 Å². The van der Waals surface area contributed by atoms with Crippen LogP contribution in [0, 0.1) is 0 Å². The lowest BCUT2D eigenvalue weighted by Crippen LogP contribution is -2.45. The molecule has 6 rings (SSSR count). The van der Waals surface area contributed by atoms with Gasteiger partial charge in [-0.05, 0) is 55.6 Å². The van der Waals surface area contributed by atoms with E-state index >= 15 is 0 Å². The second-order valence-electron chi connectivity index (χ2n) is 10.9. The molecule has 2 aromatic heterocycles. The Bertz CT molecular complexity index is 1350. The van der Waals surface area contributed by atoms with Crippen molar-refractivity contribution in [2.24, 2.45) is 0 Å². The minimum atomic E-state index is 0.614. The maximum Gasteiger partial charge on any atom is 0.228 e. The molecule has 1 aromatic carbocycles. The van der Waals surface area contributed by atoms with Gasteiger partial charge in [0.1, 0.15) is 17.4 Å². The number of fused-ring (bicyclic) bond motifs is 2. The van der Waals surface area contributed by atoms with Gasteiger partial charge in [-0.25, -0.2) is 15.0 Å². The van der Waals surface area contributed by atoms with E-state index in [1.165, 1.54) is 11.1 Å². The van der Waals surface area contributed by atoms with Gasteiger partial charge in [-0.3, -0.25) is 0 Å². The summed E-state index contributed by atoms with van der Waals surface area (Å²) in [5.41, 5.74) is 4.10. The molecule has 3 aromatic rings. The zero-order valence-electron chi connectivity index (χ0n) is 24.8. The van der Waals surface area contributed by atoms with Crippen molar-refractivity contribution < 1.29 is 14.2 Å². The molecule has 0 spiro atoms. The topological polar surface area (TPSA) is 92.2 Å². The number of aromatic nitrogens is 4. The van der Waals surface area contributed by atoms with E-state index in [2.05, 4.69) is 45.6 Å². The summed E-state index contributed by atoms with van der Waals surface area (Å²) >= 11 is 0. The van der Waals surface area contributed by atoms with Gasteiger partial charge in [0.2, 0.25) is 5.95 Å². The van der Waals surface area contributed by atoms with E-state index in [1.807, 2.05) is 0 Å². The van der Waals surface area contributed by atoms with E-state index in [-0.39, 0.29) is 0 Å². The van der Waals surface area contributed by atoms with Gasteiger partial charge in [0, 0.05) is 45.3 Å². The van der Waals surface area contributed by atoms with E-state index in [0.29, 0.717) is 25.8 Å². The van der Waals surface area contributed by atoms with Crippen molar-refractivity contribution in [1.82, 2.24) is 24.8 Å². The van der Waals surface area contributed by atoms with Crippen LogP contribution in [-0.2, 0) is 17.7 Å². The minimum Gasteiger partial charge on any atom is -0.493 e. The molecular weight excluding hydrogens is 520 g/mol. The average Bonchev–Trinajstić information content (AvgIpc) is 3.04. The Morgan fingerprint density at radius 1 is 0.805 bits per heavy atom. The van der Waals surface area contributed by atoms with Crippen LogP contribution in [0.25, 0.3) is 11.0 Å². The summed E-state index contributed by atoms with van der Waals surface area (Å²) in [4.78, 5) is 29.4. The number of ether oxygens (including phenoxy) is 3. The molecule has 0 aliphatic carbocycles. The van der Waals surface area contributed by atoms with Gasteiger partial charge >= 0.3 is 0 Å². The Morgan fingerprint density at radius 2 is 1.51 bits per heavy atom. The lowest BCUT2D eigenvalue weighted by atomic mass is 9.98. The first-order chi connectivity index (χ1) is 20.1. The molecule has 0 N–H and O–H groups in total. The normalized spacial score (nSPS) is 18.2. The zero-order chi connectivity index (χ0) is 28.3. The fraction of sp³-hybridized carbons (Fsp3) is 0.600. The maximum atomic E-state index is 5.66. The number of morpholine rings is 1. The standard InChI is InChI=1S/C30H42N8O3/c1-5-35(6-2)23-8-11-37(12-9-23)30-33-27-26(29(34-30)36-13-15-41-16-14-36)31-20-32-28(27)38-10-7-21-17-24(39-3)25(40-4)18-22(21)19-38/h17-18,20,23H,5-16,19H2,1-4H3. The fourth-order valence-corrected chi connectivity index (χ4v) is 6.51. The Balaban J connectivity index is 1.37. The van der Waals surface area contributed by atoms with E-state index in [0.717, 1.165) is 105 Å². The van der Waals surface area contributed by atoms with Crippen LogP contribution in [0.4, 0.5) is 17.6 Å². The third-order valence-corrected chi connectivity index (χ3v) is 8.84. The molecule has 0 atom stereocenters. The van der Waals surface area contributed by atoms with Gasteiger partial charge in [0.15, 0.2) is 23.1 Å². The molecule has 3 aliphatic heterocycles. The predicted octanol–water partition coefficient (Wildman–Crippen LogP) is 3.15. The Kier molecular flexibility index (Phi) is 8.25. The largest absolute Gasteiger partial charge is 0.493 e. The molecule has 11 nitrogen and oxygen atoms in total. The van der Waals surface area contributed by atoms with Gasteiger partial charge in [-0.2, -0.15) is 4.98 Å². The third-order valence-electron chi connectivity index (χ3n) is 8.84. The molecule has 11 heteroatoms. The van der Waals surface area contributed by atoms with Crippen molar-refractivity contribution in [3.63, 3.8) is 0 Å². The van der Waals surface area contributed by atoms with Gasteiger partial charge < -0.3 is 33.8 Å². The number of anilines is 3. The highest BCUT2D eigenvalue weighted by molar-refractivity contribution is 5.94. The first-order valence-electron chi connectivity index (χ1n) is 15.0. The minimum absolute atomic E-state index is 0.614. The van der Waals surface area contributed by atoms with E-state index in [9.17, 15) is 0 Å². The summed E-state index contributed by atoms with van der Waals surface area (Å²) in [5, 5.41) is 0. The molecule has 0 radical (unpaired) electrons. The number of rotatable bonds is 8. The number of piperidine rings is 1. The molecule has 41 heavy (non-hydrogen) atoms. The van der Waals surface area contributed by atoms with Crippen LogP contribution in [0.5, 0.6) is 11.5 Å². The summed E-state index contributed by atoms with van der Waals surface area (Å²) < 4.78 is 16.8. The Labute approximate surface area is 242 Å². The van der Waals surface area contributed by atoms with Crippen molar-refractivity contribution in [1.29, 1.82) is 0 Å². The summed E-state index contributed by atoms with van der Waals surface area (Å²) in [6, 6.07) is 4.80. The molecule has 2 fully saturated rings. The van der Waals surface area contributed by atoms with Crippen LogP contribution in [0.1, 0.15) is 37.8 Å². The smallest absolute Gasteiger partial charge is 0.228 e. The fourth-order valence-electron chi connectivity index (χ4n) is 6.51. The number of methoxy groups -OCH3 is 2.